The molecule has 0 amide bonds. The van der Waals surface area contributed by atoms with Gasteiger partial charge in [0, 0.05) is 0 Å². The third-order valence-corrected chi connectivity index (χ3v) is 3.01. The Morgan fingerprint density at radius 3 is 1.50 bits per heavy atom. The zero-order valence-electron chi connectivity index (χ0n) is 13.4. The fraction of sp³-hybridized carbons (Fsp3) is 0. The zero-order chi connectivity index (χ0) is 21.4. The van der Waals surface area contributed by atoms with Gasteiger partial charge in [0.2, 0.25) is 0 Å². The van der Waals surface area contributed by atoms with Crippen LogP contribution in [0.15, 0.2) is 28.5 Å². The zero-order valence-corrected chi connectivity index (χ0v) is 13.4. The number of hydrogen-bond donors (Lipinski definition) is 0. The summed E-state index contributed by atoms with van der Waals surface area (Å²) in [6, 6.07) is -1.23. The van der Waals surface area contributed by atoms with Crippen LogP contribution in [0.4, 0.5) is 23.7 Å². The maximum Gasteiger partial charge on any atom is 0.444 e. The molecule has 0 aromatic carbocycles. The summed E-state index contributed by atoms with van der Waals surface area (Å²) in [4.78, 5) is 26.1. The third kappa shape index (κ3) is 2.96. The van der Waals surface area contributed by atoms with E-state index in [1.54, 1.807) is 0 Å². The molecule has 0 spiro atoms. The van der Waals surface area contributed by atoms with Gasteiger partial charge in [0.05, 0.1) is 10.3 Å². The second kappa shape index (κ2) is 6.62. The van der Waals surface area contributed by atoms with Crippen molar-refractivity contribution in [2.45, 2.75) is 0 Å². The van der Waals surface area contributed by atoms with E-state index in [0.29, 0.717) is 0 Å². The second-order valence-electron chi connectivity index (χ2n) is 4.72. The maximum atomic E-state index is 11.4. The molecule has 0 radical (unpaired) electrons. The minimum absolute atomic E-state index is 0.321. The van der Waals surface area contributed by atoms with Crippen LogP contribution in [0.3, 0.4) is 0 Å². The van der Waals surface area contributed by atoms with E-state index in [4.69, 9.17) is 0 Å². The number of nitrogens with zero attached hydrogens (tertiary/aromatic N) is 12. The molecule has 0 saturated heterocycles. The highest BCUT2D eigenvalue weighted by molar-refractivity contribution is 5.56. The van der Waals surface area contributed by atoms with Crippen LogP contribution < -0.4 is 9.81 Å². The summed E-state index contributed by atoms with van der Waals surface area (Å²) >= 11 is 0. The normalized spacial score (nSPS) is 11.3. The van der Waals surface area contributed by atoms with Gasteiger partial charge >= 0.3 is 35.1 Å². The van der Waals surface area contributed by atoms with Gasteiger partial charge < -0.3 is 39.7 Å². The Bertz CT molecular complexity index is 1200. The lowest BCUT2D eigenvalue weighted by Crippen LogP contribution is -2.25. The lowest BCUT2D eigenvalue weighted by molar-refractivity contribution is -0.794. The monoisotopic (exact) mass is 424 g/mol. The first-order valence-corrected chi connectivity index (χ1v) is 6.93. The quantitative estimate of drug-likeness (QED) is 0.159. The van der Waals surface area contributed by atoms with Crippen molar-refractivity contribution in [2.75, 3.05) is 0 Å². The molecular formula is C8N12O10. The highest BCUT2D eigenvalue weighted by Gasteiger charge is 2.32. The smallest absolute Gasteiger partial charge is 0.359 e. The molecule has 0 aliphatic rings. The lowest BCUT2D eigenvalue weighted by atomic mass is 10.4. The summed E-state index contributed by atoms with van der Waals surface area (Å²) in [6.07, 6.45) is 0. The Hall–Kier alpha value is -5.44. The van der Waals surface area contributed by atoms with Crippen LogP contribution in [0, 0.1) is 30.6 Å². The van der Waals surface area contributed by atoms with Crippen molar-refractivity contribution in [3.8, 4) is 23.0 Å². The SMILES string of the molecule is O=[N+]([O-])c1no[n+]([O-])c1-c1noc(/N=N/c2nc(-c3c([N+](=O)[O-])no[n+]3[O-])no2)n1. The summed E-state index contributed by atoms with van der Waals surface area (Å²) in [6.45, 7) is 0. The van der Waals surface area contributed by atoms with E-state index in [2.05, 4.69) is 59.1 Å². The summed E-state index contributed by atoms with van der Waals surface area (Å²) in [5, 5.41) is 63.7. The van der Waals surface area contributed by atoms with Gasteiger partial charge in [-0.1, -0.05) is 10.2 Å². The average Bonchev–Trinajstić information content (AvgIpc) is 3.45. The molecule has 0 bridgehead atoms. The summed E-state index contributed by atoms with van der Waals surface area (Å²) in [7, 11) is 0. The van der Waals surface area contributed by atoms with E-state index in [0.717, 1.165) is 0 Å². The van der Waals surface area contributed by atoms with E-state index >= 15 is 0 Å². The molecule has 0 unspecified atom stereocenters. The van der Waals surface area contributed by atoms with Crippen molar-refractivity contribution in [1.29, 1.82) is 0 Å². The summed E-state index contributed by atoms with van der Waals surface area (Å²) in [5.41, 5.74) is -1.52. The fourth-order valence-electron chi connectivity index (χ4n) is 1.88. The van der Waals surface area contributed by atoms with Gasteiger partial charge in [0.1, 0.15) is 0 Å². The standard InChI is InChI=1S/C8N12O10/c21-17(22)5-1(19(25)29-15-5)3-9-7(27-13-3)11-12-8-10-4(14-28-8)2-6(18(23)24)16-30-20(2)26/b12-11+. The predicted molar refractivity (Wildman–Crippen MR) is 75.0 cm³/mol. The van der Waals surface area contributed by atoms with Gasteiger partial charge in [-0.15, -0.1) is 0 Å². The third-order valence-electron chi connectivity index (χ3n) is 3.01. The van der Waals surface area contributed by atoms with E-state index < -0.39 is 56.5 Å². The molecule has 0 atom stereocenters. The highest BCUT2D eigenvalue weighted by atomic mass is 16.8. The van der Waals surface area contributed by atoms with Crippen molar-refractivity contribution in [2.24, 2.45) is 10.2 Å². The molecule has 22 heteroatoms. The maximum absolute atomic E-state index is 11.4. The second-order valence-corrected chi connectivity index (χ2v) is 4.72. The number of aromatic nitrogens is 8. The number of hydrogen-bond acceptors (Lipinski definition) is 18. The van der Waals surface area contributed by atoms with E-state index in [9.17, 15) is 30.6 Å². The van der Waals surface area contributed by atoms with E-state index in [-0.39, 0.29) is 9.81 Å². The Labute approximate surface area is 157 Å². The molecule has 0 saturated carbocycles. The number of nitro groups is 2. The minimum Gasteiger partial charge on any atom is -0.359 e. The van der Waals surface area contributed by atoms with Gasteiger partial charge in [-0.25, -0.2) is 0 Å². The summed E-state index contributed by atoms with van der Waals surface area (Å²) < 4.78 is 17.4. The number of rotatable bonds is 6. The fourth-order valence-corrected chi connectivity index (χ4v) is 1.88. The van der Waals surface area contributed by atoms with Crippen LogP contribution in [-0.2, 0) is 0 Å². The molecule has 4 aromatic rings. The lowest BCUT2D eigenvalue weighted by Gasteiger charge is -1.89. The van der Waals surface area contributed by atoms with Crippen LogP contribution in [-0.4, -0.2) is 40.4 Å². The van der Waals surface area contributed by atoms with E-state index in [1.807, 2.05) is 0 Å². The molecule has 0 fully saturated rings. The molecule has 4 rings (SSSR count). The van der Waals surface area contributed by atoms with Crippen LogP contribution >= 0.6 is 0 Å². The Morgan fingerprint density at radius 1 is 0.733 bits per heavy atom. The predicted octanol–water partition coefficient (Wildman–Crippen LogP) is -0.739. The van der Waals surface area contributed by atoms with Gasteiger partial charge in [-0.2, -0.15) is 9.97 Å². The minimum atomic E-state index is -1.02. The first-order valence-electron chi connectivity index (χ1n) is 6.93. The molecule has 4 heterocycles. The van der Waals surface area contributed by atoms with Crippen molar-refractivity contribution in [3.63, 3.8) is 0 Å². The van der Waals surface area contributed by atoms with Crippen molar-refractivity contribution < 1.29 is 38.0 Å². The van der Waals surface area contributed by atoms with E-state index in [1.165, 1.54) is 0 Å². The largest absolute Gasteiger partial charge is 0.444 e. The molecule has 152 valence electrons. The Kier molecular flexibility index (Phi) is 3.96. The average molecular weight is 424 g/mol. The molecule has 30 heavy (non-hydrogen) atoms. The molecule has 4 aromatic heterocycles. The summed E-state index contributed by atoms with van der Waals surface area (Å²) in [5.74, 6) is -3.13. The van der Waals surface area contributed by atoms with Crippen LogP contribution in [0.2, 0.25) is 0 Å². The van der Waals surface area contributed by atoms with Gasteiger partial charge in [0.15, 0.2) is 0 Å². The highest BCUT2D eigenvalue weighted by Crippen LogP contribution is 2.26. The Balaban J connectivity index is 1.59. The molecule has 0 aliphatic carbocycles. The molecule has 0 N–H and O–H groups in total. The van der Waals surface area contributed by atoms with Crippen LogP contribution in [0.25, 0.3) is 23.0 Å². The van der Waals surface area contributed by atoms with Crippen LogP contribution in [0.1, 0.15) is 0 Å². The van der Waals surface area contributed by atoms with Crippen molar-refractivity contribution in [3.05, 3.63) is 30.6 Å². The first-order chi connectivity index (χ1) is 14.3. The number of azo groups is 1. The van der Waals surface area contributed by atoms with Gasteiger partial charge in [0.25, 0.3) is 11.6 Å². The molecule has 22 nitrogen and oxygen atoms in total. The first kappa shape index (κ1) is 17.9. The Morgan fingerprint density at radius 2 is 1.13 bits per heavy atom. The molecule has 0 aliphatic heterocycles. The molecular weight excluding hydrogens is 424 g/mol. The van der Waals surface area contributed by atoms with Crippen LogP contribution in [0.5, 0.6) is 0 Å². The van der Waals surface area contributed by atoms with Crippen molar-refractivity contribution in [1.82, 2.24) is 30.6 Å². The van der Waals surface area contributed by atoms with Gasteiger partial charge in [-0.05, 0) is 30.0 Å². The van der Waals surface area contributed by atoms with Crippen molar-refractivity contribution >= 4 is 23.7 Å². The topological polar surface area (TPSA) is 295 Å². The van der Waals surface area contributed by atoms with Gasteiger partial charge in [-0.3, -0.25) is 9.26 Å².